The van der Waals surface area contributed by atoms with Crippen LogP contribution in [0.2, 0.25) is 0 Å². The van der Waals surface area contributed by atoms with Crippen molar-refractivity contribution in [3.63, 3.8) is 0 Å². The molecule has 0 radical (unpaired) electrons. The van der Waals surface area contributed by atoms with Gasteiger partial charge in [-0.15, -0.1) is 0 Å². The Labute approximate surface area is 244 Å². The van der Waals surface area contributed by atoms with Gasteiger partial charge in [0.25, 0.3) is 5.91 Å². The fraction of sp³-hybridized carbons (Fsp3) is 0.344. The number of benzene rings is 3. The minimum absolute atomic E-state index is 0.0531. The molecule has 10 heteroatoms. The van der Waals surface area contributed by atoms with E-state index in [0.717, 1.165) is 16.7 Å². The normalized spacial score (nSPS) is 16.3. The summed E-state index contributed by atoms with van der Waals surface area (Å²) in [6, 6.07) is 15.5. The van der Waals surface area contributed by atoms with Gasteiger partial charge < -0.3 is 34.3 Å². The maximum Gasteiger partial charge on any atom is 0.305 e. The number of carbonyl (C=O) groups is 3. The van der Waals surface area contributed by atoms with Crippen molar-refractivity contribution in [3.05, 3.63) is 76.9 Å². The molecule has 0 saturated carbocycles. The third-order valence-electron chi connectivity index (χ3n) is 7.48. The molecule has 3 aliphatic rings. The van der Waals surface area contributed by atoms with Crippen molar-refractivity contribution in [2.24, 2.45) is 0 Å². The monoisotopic (exact) mass is 574 g/mol. The molecule has 3 aromatic carbocycles. The first-order chi connectivity index (χ1) is 20.4. The third-order valence-corrected chi connectivity index (χ3v) is 7.48. The second kappa shape index (κ2) is 12.8. The van der Waals surface area contributed by atoms with Gasteiger partial charge in [-0.1, -0.05) is 12.1 Å². The number of methoxy groups -OCH3 is 2. The SMILES string of the molecule is COC(=O)CCCC(=O)N1CCc2cc3ccc2C1c1ccc(OC)c(c1)OCCCNC(=O)c1cc(ccc1O)O3. The Balaban J connectivity index is 1.54. The fourth-order valence-corrected chi connectivity index (χ4v) is 5.35. The molecule has 0 spiro atoms. The summed E-state index contributed by atoms with van der Waals surface area (Å²) in [7, 11) is 2.90. The van der Waals surface area contributed by atoms with Gasteiger partial charge in [0.15, 0.2) is 11.5 Å². The van der Waals surface area contributed by atoms with Crippen LogP contribution in [0.1, 0.15) is 58.8 Å². The van der Waals surface area contributed by atoms with Crippen LogP contribution in [0.15, 0.2) is 54.6 Å². The number of aromatic hydroxyl groups is 1. The highest BCUT2D eigenvalue weighted by molar-refractivity contribution is 5.97. The number of phenols is 1. The van der Waals surface area contributed by atoms with Gasteiger partial charge >= 0.3 is 5.97 Å². The lowest BCUT2D eigenvalue weighted by Crippen LogP contribution is -2.40. The first-order valence-corrected chi connectivity index (χ1v) is 14.0. The molecule has 0 fully saturated rings. The molecule has 220 valence electrons. The van der Waals surface area contributed by atoms with E-state index in [0.29, 0.717) is 62.0 Å². The molecule has 0 aromatic heterocycles. The highest BCUT2D eigenvalue weighted by Crippen LogP contribution is 2.41. The van der Waals surface area contributed by atoms with Crippen LogP contribution in [0.5, 0.6) is 28.7 Å². The summed E-state index contributed by atoms with van der Waals surface area (Å²) < 4.78 is 22.5. The van der Waals surface area contributed by atoms with Crippen LogP contribution in [0, 0.1) is 0 Å². The second-order valence-electron chi connectivity index (χ2n) is 10.2. The quantitative estimate of drug-likeness (QED) is 0.427. The zero-order valence-corrected chi connectivity index (χ0v) is 23.7. The van der Waals surface area contributed by atoms with E-state index in [-0.39, 0.29) is 42.1 Å². The summed E-state index contributed by atoms with van der Waals surface area (Å²) in [5.74, 6) is 1.11. The summed E-state index contributed by atoms with van der Waals surface area (Å²) in [6.45, 7) is 1.10. The van der Waals surface area contributed by atoms with E-state index in [9.17, 15) is 19.5 Å². The van der Waals surface area contributed by atoms with Crippen molar-refractivity contribution < 1.29 is 38.4 Å². The Morgan fingerprint density at radius 1 is 1.05 bits per heavy atom. The standard InChI is InChI=1S/C32H34N2O8/c1-39-27-12-7-21-18-28(27)41-16-4-14-33-32(38)25-19-23(9-11-26(25)35)42-22-8-10-24-20(17-22)13-15-34(31(21)24)29(36)5-3-6-30(37)40-2/h7-12,17-19,31,35H,3-6,13-16H2,1-2H3,(H,33,38). The average Bonchev–Trinajstić information content (AvgIpc) is 3.00. The molecule has 0 aliphatic carbocycles. The predicted octanol–water partition coefficient (Wildman–Crippen LogP) is 4.52. The van der Waals surface area contributed by atoms with Crippen LogP contribution in [-0.4, -0.2) is 61.7 Å². The Morgan fingerprint density at radius 2 is 1.86 bits per heavy atom. The highest BCUT2D eigenvalue weighted by Gasteiger charge is 2.33. The van der Waals surface area contributed by atoms with E-state index in [2.05, 4.69) is 5.32 Å². The molecule has 1 unspecified atom stereocenters. The number of hydrogen-bond acceptors (Lipinski definition) is 8. The number of fused-ring (bicyclic) bond motifs is 6. The summed E-state index contributed by atoms with van der Waals surface area (Å²) in [5, 5.41) is 13.1. The van der Waals surface area contributed by atoms with E-state index >= 15 is 0 Å². The molecule has 3 heterocycles. The molecule has 3 aromatic rings. The van der Waals surface area contributed by atoms with Crippen molar-refractivity contribution in [1.29, 1.82) is 0 Å². The number of ether oxygens (including phenoxy) is 4. The zero-order chi connectivity index (χ0) is 29.6. The van der Waals surface area contributed by atoms with Crippen LogP contribution in [0.3, 0.4) is 0 Å². The van der Waals surface area contributed by atoms with E-state index in [1.165, 1.54) is 19.2 Å². The minimum Gasteiger partial charge on any atom is -0.507 e. The summed E-state index contributed by atoms with van der Waals surface area (Å²) in [6.07, 6.45) is 1.91. The van der Waals surface area contributed by atoms with Crippen molar-refractivity contribution in [2.75, 3.05) is 33.9 Å². The zero-order valence-electron chi connectivity index (χ0n) is 23.7. The maximum absolute atomic E-state index is 13.5. The summed E-state index contributed by atoms with van der Waals surface area (Å²) >= 11 is 0. The molecule has 1 atom stereocenters. The van der Waals surface area contributed by atoms with E-state index in [1.54, 1.807) is 13.2 Å². The van der Waals surface area contributed by atoms with Gasteiger partial charge in [-0.3, -0.25) is 14.4 Å². The van der Waals surface area contributed by atoms with Gasteiger partial charge in [0.1, 0.15) is 17.2 Å². The molecular weight excluding hydrogens is 540 g/mol. The number of nitrogens with one attached hydrogen (secondary N) is 1. The predicted molar refractivity (Wildman–Crippen MR) is 153 cm³/mol. The molecule has 10 nitrogen and oxygen atoms in total. The number of phenolic OH excluding ortho intramolecular Hbond substituents is 1. The molecular formula is C32H34N2O8. The van der Waals surface area contributed by atoms with Gasteiger partial charge in [-0.05, 0) is 78.4 Å². The molecule has 6 rings (SSSR count). The van der Waals surface area contributed by atoms with Gasteiger partial charge in [-0.25, -0.2) is 0 Å². The van der Waals surface area contributed by atoms with Crippen LogP contribution >= 0.6 is 0 Å². The van der Waals surface area contributed by atoms with Gasteiger partial charge in [-0.2, -0.15) is 0 Å². The summed E-state index contributed by atoms with van der Waals surface area (Å²) in [5.41, 5.74) is 2.95. The van der Waals surface area contributed by atoms with Crippen molar-refractivity contribution in [3.8, 4) is 28.7 Å². The number of nitrogens with zero attached hydrogens (tertiary/aromatic N) is 1. The number of esters is 1. The second-order valence-corrected chi connectivity index (χ2v) is 10.2. The first kappa shape index (κ1) is 28.8. The number of rotatable bonds is 5. The Hall–Kier alpha value is -4.73. The maximum atomic E-state index is 13.5. The van der Waals surface area contributed by atoms with E-state index in [4.69, 9.17) is 18.9 Å². The number of amides is 2. The number of hydrogen-bond donors (Lipinski definition) is 2. The Bertz CT molecular complexity index is 1490. The van der Waals surface area contributed by atoms with Crippen LogP contribution in [0.4, 0.5) is 0 Å². The Kier molecular flexibility index (Phi) is 8.80. The first-order valence-electron chi connectivity index (χ1n) is 14.0. The summed E-state index contributed by atoms with van der Waals surface area (Å²) in [4.78, 5) is 39.8. The van der Waals surface area contributed by atoms with Gasteiger partial charge in [0.05, 0.1) is 32.4 Å². The lowest BCUT2D eigenvalue weighted by atomic mass is 9.87. The van der Waals surface area contributed by atoms with Crippen molar-refractivity contribution >= 4 is 17.8 Å². The van der Waals surface area contributed by atoms with Gasteiger partial charge in [0, 0.05) is 25.9 Å². The lowest BCUT2D eigenvalue weighted by Gasteiger charge is -2.38. The Morgan fingerprint density at radius 3 is 2.67 bits per heavy atom. The average molecular weight is 575 g/mol. The van der Waals surface area contributed by atoms with Crippen LogP contribution in [0.25, 0.3) is 0 Å². The smallest absolute Gasteiger partial charge is 0.305 e. The third kappa shape index (κ3) is 6.27. The van der Waals surface area contributed by atoms with E-state index in [1.807, 2.05) is 41.3 Å². The van der Waals surface area contributed by atoms with Crippen molar-refractivity contribution in [2.45, 2.75) is 38.1 Å². The molecule has 3 aliphatic heterocycles. The topological polar surface area (TPSA) is 124 Å². The largest absolute Gasteiger partial charge is 0.507 e. The van der Waals surface area contributed by atoms with Crippen LogP contribution in [-0.2, 0) is 20.7 Å². The van der Waals surface area contributed by atoms with Gasteiger partial charge in [0.2, 0.25) is 5.91 Å². The molecule has 42 heavy (non-hydrogen) atoms. The number of carbonyl (C=O) groups excluding carboxylic acids is 3. The molecule has 2 N–H and O–H groups in total. The van der Waals surface area contributed by atoms with Crippen molar-refractivity contribution in [1.82, 2.24) is 10.2 Å². The molecule has 8 bridgehead atoms. The highest BCUT2D eigenvalue weighted by atomic mass is 16.5. The fourth-order valence-electron chi connectivity index (χ4n) is 5.35. The lowest BCUT2D eigenvalue weighted by molar-refractivity contribution is -0.141. The van der Waals surface area contributed by atoms with Crippen LogP contribution < -0.4 is 19.5 Å². The molecule has 0 saturated heterocycles. The van der Waals surface area contributed by atoms with E-state index < -0.39 is 5.91 Å². The minimum atomic E-state index is -0.414. The molecule has 2 amide bonds.